The molecule has 2 heteroatoms. The van der Waals surface area contributed by atoms with Gasteiger partial charge in [0.2, 0.25) is 0 Å². The van der Waals surface area contributed by atoms with Crippen molar-refractivity contribution in [1.29, 1.82) is 0 Å². The van der Waals surface area contributed by atoms with E-state index in [4.69, 9.17) is 0 Å². The third kappa shape index (κ3) is 2.73. The minimum atomic E-state index is 0.819. The topological polar surface area (TPSA) is 15.8 Å². The van der Waals surface area contributed by atoms with E-state index < -0.39 is 0 Å². The molecule has 0 aliphatic rings. The molecular weight excluding hydrogens is 310 g/mol. The third-order valence-corrected chi connectivity index (χ3v) is 6.46. The molecule has 0 fully saturated rings. The van der Waals surface area contributed by atoms with Crippen molar-refractivity contribution in [3.63, 3.8) is 0 Å². The van der Waals surface area contributed by atoms with Gasteiger partial charge in [0.25, 0.3) is 0 Å². The first-order valence-corrected chi connectivity index (χ1v) is 10.0. The van der Waals surface area contributed by atoms with Crippen LogP contribution in [0.15, 0.2) is 42.5 Å². The summed E-state index contributed by atoms with van der Waals surface area (Å²) in [6, 6.07) is 15.7. The number of aromatic nitrogens is 1. The molecule has 0 bridgehead atoms. The monoisotopic (exact) mass is 335 g/mol. The maximum absolute atomic E-state index is 3.69. The first-order chi connectivity index (χ1) is 11.8. The quantitative estimate of drug-likeness (QED) is 0.380. The van der Waals surface area contributed by atoms with Crippen LogP contribution >= 0.6 is 11.3 Å². The van der Waals surface area contributed by atoms with Crippen molar-refractivity contribution in [3.05, 3.63) is 48.0 Å². The predicted molar refractivity (Wildman–Crippen MR) is 108 cm³/mol. The van der Waals surface area contributed by atoms with Crippen molar-refractivity contribution in [2.45, 2.75) is 46.0 Å². The molecule has 0 radical (unpaired) electrons. The summed E-state index contributed by atoms with van der Waals surface area (Å²) in [7, 11) is 0. The summed E-state index contributed by atoms with van der Waals surface area (Å²) in [5.74, 6) is 0.819. The molecule has 0 aliphatic carbocycles. The molecule has 1 N–H and O–H groups in total. The second-order valence-corrected chi connectivity index (χ2v) is 7.98. The van der Waals surface area contributed by atoms with Crippen LogP contribution < -0.4 is 0 Å². The Morgan fingerprint density at radius 2 is 1.92 bits per heavy atom. The molecule has 0 saturated heterocycles. The van der Waals surface area contributed by atoms with Crippen LogP contribution in [0.2, 0.25) is 0 Å². The summed E-state index contributed by atoms with van der Waals surface area (Å²) in [4.78, 5) is 3.69. The molecule has 2 heterocycles. The number of unbranched alkanes of at least 4 members (excludes halogenated alkanes) is 1. The van der Waals surface area contributed by atoms with Gasteiger partial charge in [0, 0.05) is 21.0 Å². The Hall–Kier alpha value is -1.80. The Morgan fingerprint density at radius 1 is 1.04 bits per heavy atom. The number of fused-ring (bicyclic) bond motifs is 5. The van der Waals surface area contributed by atoms with E-state index >= 15 is 0 Å². The summed E-state index contributed by atoms with van der Waals surface area (Å²) in [6.45, 7) is 4.62. The van der Waals surface area contributed by atoms with Crippen LogP contribution in [0.4, 0.5) is 0 Å². The summed E-state index contributed by atoms with van der Waals surface area (Å²) in [5, 5.41) is 2.72. The van der Waals surface area contributed by atoms with Crippen LogP contribution in [0.5, 0.6) is 0 Å². The van der Waals surface area contributed by atoms with Gasteiger partial charge in [-0.05, 0) is 30.0 Å². The van der Waals surface area contributed by atoms with Crippen LogP contribution in [0, 0.1) is 5.92 Å². The minimum Gasteiger partial charge on any atom is -0.353 e. The highest BCUT2D eigenvalue weighted by atomic mass is 32.1. The lowest BCUT2D eigenvalue weighted by Gasteiger charge is -2.14. The standard InChI is InChI=1S/C22H25NS/c1-3-5-8-15(4-2)13-16-11-12-17-19(14-16)23-21-18-9-6-7-10-20(18)24-22(17)21/h6-7,9-12,14-15,23H,3-5,8,13H2,1-2H3. The Balaban J connectivity index is 1.71. The van der Waals surface area contributed by atoms with E-state index in [0.29, 0.717) is 0 Å². The van der Waals surface area contributed by atoms with Gasteiger partial charge >= 0.3 is 0 Å². The van der Waals surface area contributed by atoms with Crippen molar-refractivity contribution in [1.82, 2.24) is 4.98 Å². The molecule has 0 spiro atoms. The van der Waals surface area contributed by atoms with E-state index in [-0.39, 0.29) is 0 Å². The SMILES string of the molecule is CCCCC(CC)Cc1ccc2c(c1)[nH]c1c3ccccc3sc21. The van der Waals surface area contributed by atoms with Crippen LogP contribution in [0.25, 0.3) is 31.2 Å². The van der Waals surface area contributed by atoms with Gasteiger partial charge in [0.15, 0.2) is 0 Å². The van der Waals surface area contributed by atoms with Crippen molar-refractivity contribution >= 4 is 42.5 Å². The number of H-pyrrole nitrogens is 1. The molecular formula is C22H25NS. The summed E-state index contributed by atoms with van der Waals surface area (Å²) in [6.07, 6.45) is 6.50. The predicted octanol–water partition coefficient (Wildman–Crippen LogP) is 7.29. The highest BCUT2D eigenvalue weighted by Gasteiger charge is 2.12. The highest BCUT2D eigenvalue weighted by Crippen LogP contribution is 2.38. The van der Waals surface area contributed by atoms with E-state index in [2.05, 4.69) is 61.3 Å². The molecule has 1 nitrogen and oxygen atoms in total. The average Bonchev–Trinajstić information content (AvgIpc) is 3.14. The zero-order chi connectivity index (χ0) is 16.5. The van der Waals surface area contributed by atoms with E-state index in [1.807, 2.05) is 11.3 Å². The molecule has 2 aromatic carbocycles. The van der Waals surface area contributed by atoms with Gasteiger partial charge in [-0.2, -0.15) is 0 Å². The maximum atomic E-state index is 3.69. The molecule has 1 unspecified atom stereocenters. The molecule has 0 saturated carbocycles. The summed E-state index contributed by atoms with van der Waals surface area (Å²) < 4.78 is 2.77. The normalized spacial score (nSPS) is 13.2. The number of rotatable bonds is 6. The lowest BCUT2D eigenvalue weighted by Crippen LogP contribution is -2.03. The lowest BCUT2D eigenvalue weighted by atomic mass is 9.92. The maximum Gasteiger partial charge on any atom is 0.0654 e. The Labute approximate surface area is 147 Å². The van der Waals surface area contributed by atoms with Crippen LogP contribution in [-0.2, 0) is 6.42 Å². The molecule has 4 rings (SSSR count). The number of nitrogens with one attached hydrogen (secondary N) is 1. The lowest BCUT2D eigenvalue weighted by molar-refractivity contribution is 0.449. The van der Waals surface area contributed by atoms with Crippen molar-refractivity contribution in [2.24, 2.45) is 5.92 Å². The number of aromatic amines is 1. The smallest absolute Gasteiger partial charge is 0.0654 e. The van der Waals surface area contributed by atoms with E-state index in [0.717, 1.165) is 5.92 Å². The number of thiophene rings is 1. The van der Waals surface area contributed by atoms with Crippen molar-refractivity contribution in [2.75, 3.05) is 0 Å². The van der Waals surface area contributed by atoms with E-state index in [9.17, 15) is 0 Å². The van der Waals surface area contributed by atoms with Gasteiger partial charge in [-0.1, -0.05) is 69.9 Å². The fraction of sp³-hybridized carbons (Fsp3) is 0.364. The van der Waals surface area contributed by atoms with E-state index in [1.165, 1.54) is 68.9 Å². The first kappa shape index (κ1) is 15.7. The molecule has 124 valence electrons. The van der Waals surface area contributed by atoms with Crippen molar-refractivity contribution in [3.8, 4) is 0 Å². The van der Waals surface area contributed by atoms with Gasteiger partial charge in [0.1, 0.15) is 0 Å². The van der Waals surface area contributed by atoms with Gasteiger partial charge in [-0.25, -0.2) is 0 Å². The zero-order valence-electron chi connectivity index (χ0n) is 14.6. The molecule has 4 aromatic rings. The van der Waals surface area contributed by atoms with Gasteiger partial charge in [0.05, 0.1) is 10.2 Å². The Kier molecular flexibility index (Phi) is 4.32. The van der Waals surface area contributed by atoms with Gasteiger partial charge in [-0.15, -0.1) is 11.3 Å². The Bertz CT molecular complexity index is 976. The summed E-state index contributed by atoms with van der Waals surface area (Å²) in [5.41, 5.74) is 4.08. The highest BCUT2D eigenvalue weighted by molar-refractivity contribution is 7.26. The fourth-order valence-electron chi connectivity index (χ4n) is 3.79. The average molecular weight is 336 g/mol. The number of hydrogen-bond donors (Lipinski definition) is 1. The molecule has 2 aromatic heterocycles. The van der Waals surface area contributed by atoms with E-state index in [1.54, 1.807) is 0 Å². The zero-order valence-corrected chi connectivity index (χ0v) is 15.4. The molecule has 1 atom stereocenters. The largest absolute Gasteiger partial charge is 0.353 e. The first-order valence-electron chi connectivity index (χ1n) is 9.22. The third-order valence-electron chi connectivity index (χ3n) is 5.25. The Morgan fingerprint density at radius 3 is 2.75 bits per heavy atom. The van der Waals surface area contributed by atoms with Gasteiger partial charge in [-0.3, -0.25) is 0 Å². The second-order valence-electron chi connectivity index (χ2n) is 6.93. The summed E-state index contributed by atoms with van der Waals surface area (Å²) >= 11 is 1.90. The van der Waals surface area contributed by atoms with Crippen LogP contribution in [-0.4, -0.2) is 4.98 Å². The van der Waals surface area contributed by atoms with Crippen LogP contribution in [0.3, 0.4) is 0 Å². The second kappa shape index (κ2) is 6.60. The molecule has 0 aliphatic heterocycles. The molecule has 0 amide bonds. The van der Waals surface area contributed by atoms with Gasteiger partial charge < -0.3 is 4.98 Å². The number of hydrogen-bond acceptors (Lipinski definition) is 1. The molecule has 24 heavy (non-hydrogen) atoms. The minimum absolute atomic E-state index is 0.819. The van der Waals surface area contributed by atoms with Crippen LogP contribution in [0.1, 0.15) is 45.1 Å². The fourth-order valence-corrected chi connectivity index (χ4v) is 4.99. The van der Waals surface area contributed by atoms with Crippen molar-refractivity contribution < 1.29 is 0 Å². The number of benzene rings is 2.